The van der Waals surface area contributed by atoms with Crippen molar-refractivity contribution in [1.82, 2.24) is 9.62 Å². The summed E-state index contributed by atoms with van der Waals surface area (Å²) in [6.07, 6.45) is 0.615. The quantitative estimate of drug-likeness (QED) is 0.770. The molecule has 0 fully saturated rings. The molecule has 0 aliphatic carbocycles. The molecule has 7 heteroatoms. The van der Waals surface area contributed by atoms with Gasteiger partial charge < -0.3 is 10.1 Å². The number of carbonyl (C=O) groups excluding carboxylic acids is 1. The fraction of sp³-hybridized carbons (Fsp3) is 0.381. The molecular weight excluding hydrogens is 376 g/mol. The van der Waals surface area contributed by atoms with Gasteiger partial charge in [0.15, 0.2) is 0 Å². The molecule has 1 N–H and O–H groups in total. The molecule has 0 saturated heterocycles. The number of nitrogens with one attached hydrogen (secondary N) is 1. The minimum Gasteiger partial charge on any atom is -0.496 e. The normalized spacial score (nSPS) is 11.5. The summed E-state index contributed by atoms with van der Waals surface area (Å²) in [7, 11) is 0.950. The van der Waals surface area contributed by atoms with E-state index in [0.29, 0.717) is 24.1 Å². The van der Waals surface area contributed by atoms with Crippen molar-refractivity contribution in [1.29, 1.82) is 0 Å². The van der Waals surface area contributed by atoms with Crippen molar-refractivity contribution in [3.63, 3.8) is 0 Å². The van der Waals surface area contributed by atoms with E-state index in [9.17, 15) is 13.2 Å². The second-order valence-electron chi connectivity index (χ2n) is 7.02. The first kappa shape index (κ1) is 21.9. The molecule has 2 aromatic carbocycles. The van der Waals surface area contributed by atoms with Crippen LogP contribution in [0, 0.1) is 20.8 Å². The van der Waals surface area contributed by atoms with Gasteiger partial charge in [-0.05, 0) is 62.1 Å². The number of sulfonamides is 1. The molecule has 0 atom stereocenters. The standard InChI is InChI=1S/C21H28N2O4S/c1-14-7-8-19(27-6)17(11-14)9-10-22-21(24)18-12-15(2)16(3)20(13-18)28(25,26)23(4)5/h7-8,11-13H,9-10H2,1-6H3,(H,22,24). The molecular formula is C21H28N2O4S. The largest absolute Gasteiger partial charge is 0.496 e. The van der Waals surface area contributed by atoms with Gasteiger partial charge in [0.1, 0.15) is 5.75 Å². The summed E-state index contributed by atoms with van der Waals surface area (Å²) in [6.45, 7) is 5.97. The number of hydrogen-bond acceptors (Lipinski definition) is 4. The molecule has 152 valence electrons. The van der Waals surface area contributed by atoms with Crippen LogP contribution in [0.25, 0.3) is 0 Å². The van der Waals surface area contributed by atoms with Crippen LogP contribution in [-0.2, 0) is 16.4 Å². The van der Waals surface area contributed by atoms with Gasteiger partial charge in [0.05, 0.1) is 12.0 Å². The van der Waals surface area contributed by atoms with Gasteiger partial charge in [0.25, 0.3) is 5.91 Å². The minimum atomic E-state index is -3.63. The summed E-state index contributed by atoms with van der Waals surface area (Å²) < 4.78 is 31.6. The molecule has 0 spiro atoms. The highest BCUT2D eigenvalue weighted by molar-refractivity contribution is 7.89. The van der Waals surface area contributed by atoms with Gasteiger partial charge in [-0.2, -0.15) is 0 Å². The van der Waals surface area contributed by atoms with Gasteiger partial charge in [-0.3, -0.25) is 4.79 Å². The molecule has 0 unspecified atom stereocenters. The molecule has 0 aromatic heterocycles. The van der Waals surface area contributed by atoms with Crippen molar-refractivity contribution < 1.29 is 17.9 Å². The second-order valence-corrected chi connectivity index (χ2v) is 9.15. The number of amides is 1. The smallest absolute Gasteiger partial charge is 0.251 e. The Balaban J connectivity index is 2.19. The fourth-order valence-electron chi connectivity index (χ4n) is 2.94. The van der Waals surface area contributed by atoms with Crippen LogP contribution >= 0.6 is 0 Å². The molecule has 0 bridgehead atoms. The summed E-state index contributed by atoms with van der Waals surface area (Å²) in [5.41, 5.74) is 3.87. The van der Waals surface area contributed by atoms with Gasteiger partial charge in [0, 0.05) is 26.2 Å². The maximum Gasteiger partial charge on any atom is 0.251 e. The highest BCUT2D eigenvalue weighted by atomic mass is 32.2. The van der Waals surface area contributed by atoms with Crippen molar-refractivity contribution >= 4 is 15.9 Å². The van der Waals surface area contributed by atoms with E-state index in [1.165, 1.54) is 20.2 Å². The first-order valence-electron chi connectivity index (χ1n) is 9.03. The Bertz CT molecular complexity index is 982. The maximum atomic E-state index is 12.6. The van der Waals surface area contributed by atoms with Crippen LogP contribution in [-0.4, -0.2) is 46.4 Å². The van der Waals surface area contributed by atoms with Gasteiger partial charge in [-0.25, -0.2) is 12.7 Å². The summed E-state index contributed by atoms with van der Waals surface area (Å²) in [4.78, 5) is 12.8. The SMILES string of the molecule is COc1ccc(C)cc1CCNC(=O)c1cc(C)c(C)c(S(=O)(=O)N(C)C)c1. The Morgan fingerprint density at radius 3 is 2.39 bits per heavy atom. The van der Waals surface area contributed by atoms with Crippen LogP contribution in [0.15, 0.2) is 35.2 Å². The molecule has 0 aliphatic rings. The van der Waals surface area contributed by atoms with E-state index in [0.717, 1.165) is 26.7 Å². The van der Waals surface area contributed by atoms with Gasteiger partial charge >= 0.3 is 0 Å². The van der Waals surface area contributed by atoms with Crippen LogP contribution in [0.1, 0.15) is 32.6 Å². The number of hydrogen-bond donors (Lipinski definition) is 1. The summed E-state index contributed by atoms with van der Waals surface area (Å²) in [5.74, 6) is 0.482. The lowest BCUT2D eigenvalue weighted by molar-refractivity contribution is 0.0953. The first-order valence-corrected chi connectivity index (χ1v) is 10.5. The zero-order valence-corrected chi connectivity index (χ0v) is 18.1. The monoisotopic (exact) mass is 404 g/mol. The third kappa shape index (κ3) is 4.72. The fourth-order valence-corrected chi connectivity index (χ4v) is 4.16. The van der Waals surface area contributed by atoms with E-state index in [4.69, 9.17) is 4.74 Å². The highest BCUT2D eigenvalue weighted by Crippen LogP contribution is 2.23. The van der Waals surface area contributed by atoms with Crippen LogP contribution in [0.5, 0.6) is 5.75 Å². The zero-order chi connectivity index (χ0) is 21.1. The zero-order valence-electron chi connectivity index (χ0n) is 17.3. The number of nitrogens with zero attached hydrogens (tertiary/aromatic N) is 1. The van der Waals surface area contributed by atoms with Crippen molar-refractivity contribution in [3.05, 3.63) is 58.1 Å². The predicted molar refractivity (Wildman–Crippen MR) is 111 cm³/mol. The summed E-state index contributed by atoms with van der Waals surface area (Å²) in [6, 6.07) is 9.08. The maximum absolute atomic E-state index is 12.6. The Hall–Kier alpha value is -2.38. The van der Waals surface area contributed by atoms with Crippen LogP contribution in [0.4, 0.5) is 0 Å². The van der Waals surface area contributed by atoms with Crippen LogP contribution in [0.2, 0.25) is 0 Å². The Labute approximate surface area is 167 Å². The number of ether oxygens (including phenoxy) is 1. The Morgan fingerprint density at radius 1 is 1.11 bits per heavy atom. The van der Waals surface area contributed by atoms with E-state index in [2.05, 4.69) is 5.32 Å². The molecule has 1 amide bonds. The minimum absolute atomic E-state index is 0.156. The molecule has 0 heterocycles. The van der Waals surface area contributed by atoms with Gasteiger partial charge in [-0.1, -0.05) is 17.7 Å². The third-order valence-electron chi connectivity index (χ3n) is 4.76. The molecule has 0 radical (unpaired) electrons. The Kier molecular flexibility index (Phi) is 6.85. The number of benzene rings is 2. The number of carbonyl (C=O) groups is 1. The topological polar surface area (TPSA) is 75.7 Å². The lowest BCUT2D eigenvalue weighted by atomic mass is 10.1. The van der Waals surface area contributed by atoms with Gasteiger partial charge in [0.2, 0.25) is 10.0 Å². The second kappa shape index (κ2) is 8.75. The third-order valence-corrected chi connectivity index (χ3v) is 6.70. The van der Waals surface area contributed by atoms with E-state index in [1.807, 2.05) is 25.1 Å². The lowest BCUT2D eigenvalue weighted by Gasteiger charge is -2.16. The average molecular weight is 405 g/mol. The van der Waals surface area contributed by atoms with Crippen LogP contribution in [0.3, 0.4) is 0 Å². The molecule has 6 nitrogen and oxygen atoms in total. The van der Waals surface area contributed by atoms with E-state index in [-0.39, 0.29) is 10.8 Å². The molecule has 2 rings (SSSR count). The molecule has 0 aliphatic heterocycles. The number of methoxy groups -OCH3 is 1. The van der Waals surface area contributed by atoms with Crippen molar-refractivity contribution in [2.24, 2.45) is 0 Å². The van der Waals surface area contributed by atoms with Crippen molar-refractivity contribution in [2.75, 3.05) is 27.7 Å². The summed E-state index contributed by atoms with van der Waals surface area (Å²) in [5, 5.41) is 2.87. The average Bonchev–Trinajstić information content (AvgIpc) is 2.63. The predicted octanol–water partition coefficient (Wildman–Crippen LogP) is 2.84. The van der Waals surface area contributed by atoms with Crippen LogP contribution < -0.4 is 10.1 Å². The van der Waals surface area contributed by atoms with Gasteiger partial charge in [-0.15, -0.1) is 0 Å². The lowest BCUT2D eigenvalue weighted by Crippen LogP contribution is -2.27. The Morgan fingerprint density at radius 2 is 1.79 bits per heavy atom. The highest BCUT2D eigenvalue weighted by Gasteiger charge is 2.22. The van der Waals surface area contributed by atoms with Crippen molar-refractivity contribution in [3.8, 4) is 5.75 Å². The van der Waals surface area contributed by atoms with E-state index in [1.54, 1.807) is 27.0 Å². The number of aryl methyl sites for hydroxylation is 2. The first-order chi connectivity index (χ1) is 13.1. The molecule has 0 saturated carbocycles. The van der Waals surface area contributed by atoms with E-state index < -0.39 is 10.0 Å². The molecule has 28 heavy (non-hydrogen) atoms. The summed E-state index contributed by atoms with van der Waals surface area (Å²) >= 11 is 0. The van der Waals surface area contributed by atoms with Crippen molar-refractivity contribution in [2.45, 2.75) is 32.1 Å². The van der Waals surface area contributed by atoms with E-state index >= 15 is 0 Å². The number of rotatable bonds is 7. The molecule has 2 aromatic rings.